The summed E-state index contributed by atoms with van der Waals surface area (Å²) >= 11 is 0. The van der Waals surface area contributed by atoms with Gasteiger partial charge in [0.2, 0.25) is 0 Å². The van der Waals surface area contributed by atoms with Crippen LogP contribution in [-0.4, -0.2) is 37.5 Å². The Hall–Kier alpha value is -1.55. The second-order valence-electron chi connectivity index (χ2n) is 6.77. The van der Waals surface area contributed by atoms with Gasteiger partial charge in [0.25, 0.3) is 0 Å². The molecule has 2 aliphatic rings. The van der Waals surface area contributed by atoms with E-state index in [0.717, 1.165) is 25.2 Å². The third-order valence-electron chi connectivity index (χ3n) is 4.90. The lowest BCUT2D eigenvalue weighted by Crippen LogP contribution is -2.34. The Balaban J connectivity index is 1.61. The Kier molecular flexibility index (Phi) is 4.98. The number of aryl methyl sites for hydroxylation is 1. The molecule has 1 saturated heterocycles. The van der Waals surface area contributed by atoms with Crippen LogP contribution >= 0.6 is 0 Å². The number of anilines is 1. The fourth-order valence-electron chi connectivity index (χ4n) is 3.73. The molecule has 0 aromatic heterocycles. The Morgan fingerprint density at radius 2 is 2.18 bits per heavy atom. The second kappa shape index (κ2) is 7.14. The predicted octanol–water partition coefficient (Wildman–Crippen LogP) is 2.63. The average Bonchev–Trinajstić information content (AvgIpc) is 2.53. The number of nitrogens with two attached hydrogens (primary N) is 1. The van der Waals surface area contributed by atoms with Gasteiger partial charge in [-0.15, -0.1) is 0 Å². The van der Waals surface area contributed by atoms with Gasteiger partial charge in [0.1, 0.15) is 0 Å². The highest BCUT2D eigenvalue weighted by Crippen LogP contribution is 2.27. The molecule has 22 heavy (non-hydrogen) atoms. The van der Waals surface area contributed by atoms with Crippen LogP contribution in [0.1, 0.15) is 36.8 Å². The van der Waals surface area contributed by atoms with E-state index < -0.39 is 0 Å². The number of hydrogen-bond donors (Lipinski definition) is 2. The minimum Gasteiger partial charge on any atom is -0.370 e. The smallest absolute Gasteiger partial charge is 0.193 e. The van der Waals surface area contributed by atoms with Crippen molar-refractivity contribution in [2.45, 2.75) is 38.5 Å². The number of fused-ring (bicyclic) bond motifs is 1. The summed E-state index contributed by atoms with van der Waals surface area (Å²) in [5, 5.41) is 3.33. The van der Waals surface area contributed by atoms with Crippen molar-refractivity contribution in [3.63, 3.8) is 0 Å². The van der Waals surface area contributed by atoms with Crippen molar-refractivity contribution in [1.29, 1.82) is 0 Å². The largest absolute Gasteiger partial charge is 0.370 e. The second-order valence-corrected chi connectivity index (χ2v) is 6.77. The molecule has 1 aromatic carbocycles. The summed E-state index contributed by atoms with van der Waals surface area (Å²) in [4.78, 5) is 6.97. The van der Waals surface area contributed by atoms with Crippen molar-refractivity contribution in [3.8, 4) is 0 Å². The van der Waals surface area contributed by atoms with Gasteiger partial charge in [0, 0.05) is 18.8 Å². The molecule has 0 amide bonds. The lowest BCUT2D eigenvalue weighted by Gasteiger charge is -2.28. The van der Waals surface area contributed by atoms with Crippen LogP contribution in [0.5, 0.6) is 0 Å². The van der Waals surface area contributed by atoms with Crippen LogP contribution in [0.2, 0.25) is 0 Å². The van der Waals surface area contributed by atoms with E-state index in [4.69, 9.17) is 5.73 Å². The minimum atomic E-state index is 0.562. The van der Waals surface area contributed by atoms with Gasteiger partial charge < -0.3 is 16.0 Å². The van der Waals surface area contributed by atoms with Gasteiger partial charge >= 0.3 is 0 Å². The quantitative estimate of drug-likeness (QED) is 0.666. The molecule has 4 nitrogen and oxygen atoms in total. The summed E-state index contributed by atoms with van der Waals surface area (Å²) in [7, 11) is 2.19. The SMILES string of the molecule is CN1CCCC(CN=C(N)Nc2cccc3c2CCCC3)C1. The highest BCUT2D eigenvalue weighted by Gasteiger charge is 2.17. The average molecular weight is 300 g/mol. The van der Waals surface area contributed by atoms with Crippen molar-refractivity contribution in [1.82, 2.24) is 4.90 Å². The molecule has 1 atom stereocenters. The van der Waals surface area contributed by atoms with Crippen LogP contribution in [0.25, 0.3) is 0 Å². The number of hydrogen-bond acceptors (Lipinski definition) is 2. The summed E-state index contributed by atoms with van der Waals surface area (Å²) in [5.41, 5.74) is 10.2. The Bertz CT molecular complexity index is 538. The summed E-state index contributed by atoms with van der Waals surface area (Å²) in [5.74, 6) is 1.20. The molecule has 120 valence electrons. The van der Waals surface area contributed by atoms with Crippen LogP contribution in [0.4, 0.5) is 5.69 Å². The van der Waals surface area contributed by atoms with Crippen LogP contribution < -0.4 is 11.1 Å². The zero-order chi connectivity index (χ0) is 15.4. The molecule has 0 radical (unpaired) electrons. The minimum absolute atomic E-state index is 0.562. The van der Waals surface area contributed by atoms with Gasteiger partial charge in [-0.1, -0.05) is 12.1 Å². The monoisotopic (exact) mass is 300 g/mol. The number of likely N-dealkylation sites (tertiary alicyclic amines) is 1. The van der Waals surface area contributed by atoms with Crippen molar-refractivity contribution >= 4 is 11.6 Å². The molecule has 1 heterocycles. The van der Waals surface area contributed by atoms with E-state index in [9.17, 15) is 0 Å². The molecule has 4 heteroatoms. The molecular weight excluding hydrogens is 272 g/mol. The van der Waals surface area contributed by atoms with Gasteiger partial charge in [0.15, 0.2) is 5.96 Å². The van der Waals surface area contributed by atoms with Crippen molar-refractivity contribution in [2.24, 2.45) is 16.6 Å². The summed E-state index contributed by atoms with van der Waals surface area (Å²) in [6, 6.07) is 6.49. The van der Waals surface area contributed by atoms with Gasteiger partial charge in [-0.2, -0.15) is 0 Å². The lowest BCUT2D eigenvalue weighted by molar-refractivity contribution is 0.214. The number of nitrogens with one attached hydrogen (secondary N) is 1. The molecule has 0 saturated carbocycles. The maximum atomic E-state index is 6.12. The zero-order valence-corrected chi connectivity index (χ0v) is 13.6. The first-order chi connectivity index (χ1) is 10.7. The maximum Gasteiger partial charge on any atom is 0.193 e. The first kappa shape index (κ1) is 15.3. The number of rotatable bonds is 3. The van der Waals surface area contributed by atoms with Crippen molar-refractivity contribution in [2.75, 3.05) is 32.0 Å². The normalized spacial score (nSPS) is 23.1. The fourth-order valence-corrected chi connectivity index (χ4v) is 3.73. The summed E-state index contributed by atoms with van der Waals surface area (Å²) in [6.45, 7) is 3.18. The molecule has 1 unspecified atom stereocenters. The van der Waals surface area contributed by atoms with E-state index in [0.29, 0.717) is 11.9 Å². The van der Waals surface area contributed by atoms with E-state index in [2.05, 4.69) is 40.5 Å². The molecule has 1 aliphatic carbocycles. The number of piperidine rings is 1. The maximum absolute atomic E-state index is 6.12. The Morgan fingerprint density at radius 1 is 1.32 bits per heavy atom. The van der Waals surface area contributed by atoms with Crippen LogP contribution in [0, 0.1) is 5.92 Å². The molecule has 1 aromatic rings. The van der Waals surface area contributed by atoms with Gasteiger partial charge in [0.05, 0.1) is 0 Å². The van der Waals surface area contributed by atoms with E-state index in [1.54, 1.807) is 0 Å². The molecule has 1 fully saturated rings. The highest BCUT2D eigenvalue weighted by atomic mass is 15.1. The van der Waals surface area contributed by atoms with E-state index in [1.165, 1.54) is 49.8 Å². The zero-order valence-electron chi connectivity index (χ0n) is 13.6. The fraction of sp³-hybridized carbons (Fsp3) is 0.611. The van der Waals surface area contributed by atoms with Crippen LogP contribution in [-0.2, 0) is 12.8 Å². The molecule has 0 bridgehead atoms. The van der Waals surface area contributed by atoms with E-state index in [-0.39, 0.29) is 0 Å². The van der Waals surface area contributed by atoms with Gasteiger partial charge in [-0.25, -0.2) is 0 Å². The topological polar surface area (TPSA) is 53.6 Å². The highest BCUT2D eigenvalue weighted by molar-refractivity contribution is 5.93. The van der Waals surface area contributed by atoms with Gasteiger partial charge in [-0.3, -0.25) is 4.99 Å². The molecule has 3 N–H and O–H groups in total. The number of guanidine groups is 1. The first-order valence-corrected chi connectivity index (χ1v) is 8.58. The molecule has 0 spiro atoms. The van der Waals surface area contributed by atoms with Crippen LogP contribution in [0.15, 0.2) is 23.2 Å². The summed E-state index contributed by atoms with van der Waals surface area (Å²) < 4.78 is 0. The molecule has 1 aliphatic heterocycles. The van der Waals surface area contributed by atoms with Crippen molar-refractivity contribution < 1.29 is 0 Å². The number of benzene rings is 1. The third-order valence-corrected chi connectivity index (χ3v) is 4.90. The number of aliphatic imine (C=N–C) groups is 1. The number of nitrogens with zero attached hydrogens (tertiary/aromatic N) is 2. The first-order valence-electron chi connectivity index (χ1n) is 8.58. The standard InChI is InChI=1S/C18H28N4/c1-22-11-5-6-14(13-22)12-20-18(19)21-17-10-4-8-15-7-2-3-9-16(15)17/h4,8,10,14H,2-3,5-7,9,11-13H2,1H3,(H3,19,20,21). The molecule has 3 rings (SSSR count). The van der Waals surface area contributed by atoms with Crippen molar-refractivity contribution in [3.05, 3.63) is 29.3 Å². The van der Waals surface area contributed by atoms with Gasteiger partial charge in [-0.05, 0) is 75.2 Å². The Morgan fingerprint density at radius 3 is 3.05 bits per heavy atom. The lowest BCUT2D eigenvalue weighted by atomic mass is 9.90. The summed E-state index contributed by atoms with van der Waals surface area (Å²) in [6.07, 6.45) is 7.46. The van der Waals surface area contributed by atoms with E-state index >= 15 is 0 Å². The van der Waals surface area contributed by atoms with E-state index in [1.807, 2.05) is 0 Å². The Labute approximate surface area is 133 Å². The van der Waals surface area contributed by atoms with Crippen LogP contribution in [0.3, 0.4) is 0 Å². The predicted molar refractivity (Wildman–Crippen MR) is 93.4 cm³/mol. The third kappa shape index (κ3) is 3.80. The molecular formula is C18H28N4.